The number of halogens is 1. The average molecular weight is 295 g/mol. The summed E-state index contributed by atoms with van der Waals surface area (Å²) in [5.41, 5.74) is 11.7. The Hall–Kier alpha value is -1.50. The van der Waals surface area contributed by atoms with E-state index >= 15 is 0 Å². The summed E-state index contributed by atoms with van der Waals surface area (Å²) in [5.74, 6) is -1.03. The Kier molecular flexibility index (Phi) is 5.27. The standard InChI is InChI=1S/C15H22FN3O2/c1-21-13-4-5-19(12(7-13)8-17)9-11-3-2-10(15(18)20)6-14(11)16/h2-3,6,12-13H,4-5,7-9,17H2,1H3,(H2,18,20). The van der Waals surface area contributed by atoms with E-state index in [1.165, 1.54) is 6.07 Å². The van der Waals surface area contributed by atoms with Gasteiger partial charge in [-0.15, -0.1) is 0 Å². The third-order valence-corrected chi connectivity index (χ3v) is 4.11. The van der Waals surface area contributed by atoms with E-state index in [0.717, 1.165) is 19.4 Å². The number of primary amides is 1. The van der Waals surface area contributed by atoms with Crippen molar-refractivity contribution >= 4 is 5.91 Å². The quantitative estimate of drug-likeness (QED) is 0.844. The monoisotopic (exact) mass is 295 g/mol. The van der Waals surface area contributed by atoms with Crippen LogP contribution in [0.15, 0.2) is 18.2 Å². The molecule has 1 aliphatic heterocycles. The Labute approximate surface area is 124 Å². The molecule has 2 rings (SSSR count). The van der Waals surface area contributed by atoms with Crippen LogP contribution in [-0.2, 0) is 11.3 Å². The number of ether oxygens (including phenoxy) is 1. The topological polar surface area (TPSA) is 81.6 Å². The summed E-state index contributed by atoms with van der Waals surface area (Å²) >= 11 is 0. The molecule has 0 spiro atoms. The van der Waals surface area contributed by atoms with Gasteiger partial charge in [-0.05, 0) is 25.0 Å². The number of nitrogens with two attached hydrogens (primary N) is 2. The lowest BCUT2D eigenvalue weighted by atomic mass is 9.98. The fraction of sp³-hybridized carbons (Fsp3) is 0.533. The molecule has 0 radical (unpaired) electrons. The van der Waals surface area contributed by atoms with Crippen molar-refractivity contribution in [3.8, 4) is 0 Å². The number of piperidine rings is 1. The maximum atomic E-state index is 14.0. The lowest BCUT2D eigenvalue weighted by Gasteiger charge is -2.38. The second-order valence-electron chi connectivity index (χ2n) is 5.41. The van der Waals surface area contributed by atoms with Crippen LogP contribution >= 0.6 is 0 Å². The van der Waals surface area contributed by atoms with Crippen LogP contribution < -0.4 is 11.5 Å². The highest BCUT2D eigenvalue weighted by Crippen LogP contribution is 2.22. The number of hydrogen-bond donors (Lipinski definition) is 2. The normalized spacial score (nSPS) is 23.2. The van der Waals surface area contributed by atoms with Gasteiger partial charge in [-0.2, -0.15) is 0 Å². The van der Waals surface area contributed by atoms with Crippen molar-refractivity contribution in [1.29, 1.82) is 0 Å². The summed E-state index contributed by atoms with van der Waals surface area (Å²) in [6.07, 6.45) is 1.99. The summed E-state index contributed by atoms with van der Waals surface area (Å²) in [4.78, 5) is 13.2. The average Bonchev–Trinajstić information content (AvgIpc) is 2.49. The number of benzene rings is 1. The minimum atomic E-state index is -0.624. The second kappa shape index (κ2) is 6.98. The van der Waals surface area contributed by atoms with E-state index in [1.54, 1.807) is 19.2 Å². The van der Waals surface area contributed by atoms with Gasteiger partial charge < -0.3 is 16.2 Å². The number of rotatable bonds is 5. The lowest BCUT2D eigenvalue weighted by molar-refractivity contribution is 0.00987. The molecule has 21 heavy (non-hydrogen) atoms. The largest absolute Gasteiger partial charge is 0.381 e. The molecule has 116 valence electrons. The van der Waals surface area contributed by atoms with Crippen LogP contribution in [0.5, 0.6) is 0 Å². The van der Waals surface area contributed by atoms with Crippen molar-refractivity contribution in [2.45, 2.75) is 31.5 Å². The SMILES string of the molecule is COC1CCN(Cc2ccc(C(N)=O)cc2F)C(CN)C1. The highest BCUT2D eigenvalue weighted by Gasteiger charge is 2.28. The van der Waals surface area contributed by atoms with Gasteiger partial charge in [-0.3, -0.25) is 9.69 Å². The Morgan fingerprint density at radius 1 is 1.52 bits per heavy atom. The molecule has 0 aliphatic carbocycles. The molecule has 2 atom stereocenters. The zero-order chi connectivity index (χ0) is 15.4. The Morgan fingerprint density at radius 3 is 2.86 bits per heavy atom. The predicted octanol–water partition coefficient (Wildman–Crippen LogP) is 0.863. The number of hydrogen-bond acceptors (Lipinski definition) is 4. The van der Waals surface area contributed by atoms with Gasteiger partial charge in [-0.1, -0.05) is 6.07 Å². The van der Waals surface area contributed by atoms with E-state index in [2.05, 4.69) is 4.90 Å². The summed E-state index contributed by atoms with van der Waals surface area (Å²) in [5, 5.41) is 0. The molecule has 6 heteroatoms. The van der Waals surface area contributed by atoms with Crippen molar-refractivity contribution in [3.63, 3.8) is 0 Å². The highest BCUT2D eigenvalue weighted by atomic mass is 19.1. The summed E-state index contributed by atoms with van der Waals surface area (Å²) < 4.78 is 19.4. The Bertz CT molecular complexity index is 510. The lowest BCUT2D eigenvalue weighted by Crippen LogP contribution is -2.48. The van der Waals surface area contributed by atoms with E-state index in [4.69, 9.17) is 16.2 Å². The maximum Gasteiger partial charge on any atom is 0.248 e. The van der Waals surface area contributed by atoms with Gasteiger partial charge in [0, 0.05) is 43.9 Å². The molecule has 1 aliphatic rings. The molecule has 4 N–H and O–H groups in total. The first-order valence-electron chi connectivity index (χ1n) is 7.10. The van der Waals surface area contributed by atoms with E-state index < -0.39 is 11.7 Å². The molecule has 1 saturated heterocycles. The Morgan fingerprint density at radius 2 is 2.29 bits per heavy atom. The zero-order valence-corrected chi connectivity index (χ0v) is 12.2. The molecular weight excluding hydrogens is 273 g/mol. The number of carbonyl (C=O) groups is 1. The van der Waals surface area contributed by atoms with Crippen molar-refractivity contribution in [2.75, 3.05) is 20.2 Å². The number of methoxy groups -OCH3 is 1. The van der Waals surface area contributed by atoms with Crippen molar-refractivity contribution < 1.29 is 13.9 Å². The number of likely N-dealkylation sites (tertiary alicyclic amines) is 1. The van der Waals surface area contributed by atoms with Crippen LogP contribution in [0.1, 0.15) is 28.8 Å². The molecular formula is C15H22FN3O2. The van der Waals surface area contributed by atoms with Gasteiger partial charge in [0.25, 0.3) is 0 Å². The highest BCUT2D eigenvalue weighted by molar-refractivity contribution is 5.92. The van der Waals surface area contributed by atoms with Crippen molar-refractivity contribution in [2.24, 2.45) is 11.5 Å². The van der Waals surface area contributed by atoms with E-state index in [-0.39, 0.29) is 17.7 Å². The fourth-order valence-corrected chi connectivity index (χ4v) is 2.78. The third-order valence-electron chi connectivity index (χ3n) is 4.11. The van der Waals surface area contributed by atoms with Crippen LogP contribution in [0.3, 0.4) is 0 Å². The summed E-state index contributed by atoms with van der Waals surface area (Å²) in [7, 11) is 1.70. The molecule has 0 bridgehead atoms. The first kappa shape index (κ1) is 15.9. The molecule has 1 heterocycles. The van der Waals surface area contributed by atoms with Crippen molar-refractivity contribution in [3.05, 3.63) is 35.1 Å². The molecule has 1 aromatic carbocycles. The maximum absolute atomic E-state index is 14.0. The van der Waals surface area contributed by atoms with E-state index in [1.807, 2.05) is 0 Å². The zero-order valence-electron chi connectivity index (χ0n) is 12.2. The minimum absolute atomic E-state index is 0.180. The molecule has 0 saturated carbocycles. The molecule has 0 aromatic heterocycles. The van der Waals surface area contributed by atoms with Gasteiger partial charge >= 0.3 is 0 Å². The van der Waals surface area contributed by atoms with Gasteiger partial charge in [-0.25, -0.2) is 4.39 Å². The number of carbonyl (C=O) groups excluding carboxylic acids is 1. The van der Waals surface area contributed by atoms with Gasteiger partial charge in [0.1, 0.15) is 5.82 Å². The molecule has 1 fully saturated rings. The fourth-order valence-electron chi connectivity index (χ4n) is 2.78. The second-order valence-corrected chi connectivity index (χ2v) is 5.41. The van der Waals surface area contributed by atoms with Crippen LogP contribution in [-0.4, -0.2) is 43.2 Å². The summed E-state index contributed by atoms with van der Waals surface area (Å²) in [6.45, 7) is 1.81. The van der Waals surface area contributed by atoms with Gasteiger partial charge in [0.05, 0.1) is 6.10 Å². The smallest absolute Gasteiger partial charge is 0.248 e. The van der Waals surface area contributed by atoms with Crippen LogP contribution in [0.25, 0.3) is 0 Å². The van der Waals surface area contributed by atoms with E-state index in [0.29, 0.717) is 18.7 Å². The van der Waals surface area contributed by atoms with Crippen molar-refractivity contribution in [1.82, 2.24) is 4.90 Å². The summed E-state index contributed by atoms with van der Waals surface area (Å²) in [6, 6.07) is 4.54. The first-order valence-corrected chi connectivity index (χ1v) is 7.10. The first-order chi connectivity index (χ1) is 10.0. The van der Waals surface area contributed by atoms with Crippen LogP contribution in [0.2, 0.25) is 0 Å². The number of amides is 1. The minimum Gasteiger partial charge on any atom is -0.381 e. The number of nitrogens with zero attached hydrogens (tertiary/aromatic N) is 1. The third kappa shape index (κ3) is 3.78. The molecule has 2 unspecified atom stereocenters. The Balaban J connectivity index is 2.08. The van der Waals surface area contributed by atoms with Gasteiger partial charge in [0.2, 0.25) is 5.91 Å². The molecule has 5 nitrogen and oxygen atoms in total. The predicted molar refractivity (Wildman–Crippen MR) is 78.2 cm³/mol. The van der Waals surface area contributed by atoms with Crippen LogP contribution in [0, 0.1) is 5.82 Å². The van der Waals surface area contributed by atoms with Gasteiger partial charge in [0.15, 0.2) is 0 Å². The van der Waals surface area contributed by atoms with E-state index in [9.17, 15) is 9.18 Å². The molecule has 1 aromatic rings. The molecule has 1 amide bonds. The van der Waals surface area contributed by atoms with Crippen LogP contribution in [0.4, 0.5) is 4.39 Å².